The second kappa shape index (κ2) is 8.25. The zero-order valence-electron chi connectivity index (χ0n) is 12.0. The molecule has 0 radical (unpaired) electrons. The summed E-state index contributed by atoms with van der Waals surface area (Å²) in [6.45, 7) is 11.3. The van der Waals surface area contributed by atoms with Gasteiger partial charge >= 0.3 is 0 Å². The molecule has 2 heterocycles. The van der Waals surface area contributed by atoms with E-state index in [0.717, 1.165) is 26.2 Å². The molecule has 0 aliphatic carbocycles. The van der Waals surface area contributed by atoms with Gasteiger partial charge in [0.25, 0.3) is 0 Å². The summed E-state index contributed by atoms with van der Waals surface area (Å²) in [6.07, 6.45) is 3.15. The van der Waals surface area contributed by atoms with Gasteiger partial charge in [0.1, 0.15) is 0 Å². The minimum atomic E-state index is 0.962. The molecule has 1 fully saturated rings. The van der Waals surface area contributed by atoms with Gasteiger partial charge in [-0.3, -0.25) is 9.88 Å². The molecule has 0 spiro atoms. The first-order valence-corrected chi connectivity index (χ1v) is 7.44. The predicted molar refractivity (Wildman–Crippen MR) is 79.1 cm³/mol. The van der Waals surface area contributed by atoms with Crippen LogP contribution in [0.15, 0.2) is 24.4 Å². The Morgan fingerprint density at radius 2 is 2.26 bits per heavy atom. The highest BCUT2D eigenvalue weighted by Crippen LogP contribution is 2.02. The van der Waals surface area contributed by atoms with Crippen molar-refractivity contribution in [2.24, 2.45) is 0 Å². The molecule has 1 saturated heterocycles. The summed E-state index contributed by atoms with van der Waals surface area (Å²) in [5, 5.41) is 3.45. The van der Waals surface area contributed by atoms with Crippen LogP contribution in [0.25, 0.3) is 0 Å². The maximum atomic E-state index is 4.41. The fourth-order valence-corrected chi connectivity index (χ4v) is 2.48. The van der Waals surface area contributed by atoms with Crippen molar-refractivity contribution in [1.29, 1.82) is 0 Å². The third kappa shape index (κ3) is 5.27. The van der Waals surface area contributed by atoms with E-state index >= 15 is 0 Å². The van der Waals surface area contributed by atoms with Gasteiger partial charge in [-0.1, -0.05) is 13.0 Å². The maximum Gasteiger partial charge on any atom is 0.0543 e. The molecular weight excluding hydrogens is 236 g/mol. The number of nitrogens with one attached hydrogen (secondary N) is 1. The Balaban J connectivity index is 1.75. The minimum absolute atomic E-state index is 0.962. The molecule has 19 heavy (non-hydrogen) atoms. The van der Waals surface area contributed by atoms with Crippen LogP contribution in [0, 0.1) is 0 Å². The molecule has 4 nitrogen and oxygen atoms in total. The molecule has 0 saturated carbocycles. The van der Waals surface area contributed by atoms with Crippen LogP contribution in [0.1, 0.15) is 19.0 Å². The maximum absolute atomic E-state index is 4.41. The van der Waals surface area contributed by atoms with Crippen molar-refractivity contribution in [2.75, 3.05) is 45.8 Å². The molecule has 0 aromatic carbocycles. The lowest BCUT2D eigenvalue weighted by Gasteiger charge is -2.25. The fraction of sp³-hybridized carbons (Fsp3) is 0.667. The molecule has 0 unspecified atom stereocenters. The van der Waals surface area contributed by atoms with Crippen molar-refractivity contribution in [3.63, 3.8) is 0 Å². The van der Waals surface area contributed by atoms with Gasteiger partial charge in [-0.05, 0) is 38.2 Å². The lowest BCUT2D eigenvalue weighted by molar-refractivity contribution is 0.209. The Labute approximate surface area is 116 Å². The Kier molecular flexibility index (Phi) is 6.27. The molecule has 0 bridgehead atoms. The number of likely N-dealkylation sites (N-methyl/N-ethyl adjacent to an activating group) is 1. The highest BCUT2D eigenvalue weighted by molar-refractivity contribution is 5.03. The minimum Gasteiger partial charge on any atom is -0.315 e. The summed E-state index contributed by atoms with van der Waals surface area (Å²) < 4.78 is 0. The second-order valence-corrected chi connectivity index (χ2v) is 5.14. The molecule has 2 rings (SSSR count). The average Bonchev–Trinajstić information content (AvgIpc) is 2.73. The Morgan fingerprint density at radius 1 is 1.32 bits per heavy atom. The standard InChI is InChI=1S/C15H26N4/c1-2-18(14-15-6-3-4-8-17-15)12-13-19-10-5-7-16-9-11-19/h3-4,6,8,16H,2,5,7,9-14H2,1H3. The molecule has 0 amide bonds. The van der Waals surface area contributed by atoms with Crippen LogP contribution in [0.3, 0.4) is 0 Å². The van der Waals surface area contributed by atoms with E-state index in [1.807, 2.05) is 12.3 Å². The highest BCUT2D eigenvalue weighted by Gasteiger charge is 2.10. The van der Waals surface area contributed by atoms with Crippen molar-refractivity contribution in [3.05, 3.63) is 30.1 Å². The van der Waals surface area contributed by atoms with Crippen molar-refractivity contribution < 1.29 is 0 Å². The first-order valence-electron chi connectivity index (χ1n) is 7.44. The monoisotopic (exact) mass is 262 g/mol. The van der Waals surface area contributed by atoms with Gasteiger partial charge in [0.05, 0.1) is 5.69 Å². The van der Waals surface area contributed by atoms with Crippen molar-refractivity contribution in [2.45, 2.75) is 19.9 Å². The smallest absolute Gasteiger partial charge is 0.0543 e. The van der Waals surface area contributed by atoms with Gasteiger partial charge in [-0.25, -0.2) is 0 Å². The molecule has 1 N–H and O–H groups in total. The van der Waals surface area contributed by atoms with Gasteiger partial charge in [0, 0.05) is 38.9 Å². The van der Waals surface area contributed by atoms with Gasteiger partial charge in [0.15, 0.2) is 0 Å². The van der Waals surface area contributed by atoms with Crippen LogP contribution in [0.5, 0.6) is 0 Å². The Hall–Kier alpha value is -0.970. The number of nitrogens with zero attached hydrogens (tertiary/aromatic N) is 3. The quantitative estimate of drug-likeness (QED) is 0.835. The van der Waals surface area contributed by atoms with Crippen LogP contribution >= 0.6 is 0 Å². The lowest BCUT2D eigenvalue weighted by Crippen LogP contribution is -2.36. The average molecular weight is 262 g/mol. The largest absolute Gasteiger partial charge is 0.315 e. The summed E-state index contributed by atoms with van der Waals surface area (Å²) in [5.74, 6) is 0. The second-order valence-electron chi connectivity index (χ2n) is 5.14. The zero-order chi connectivity index (χ0) is 13.3. The molecule has 1 aliphatic rings. The van der Waals surface area contributed by atoms with Crippen LogP contribution < -0.4 is 5.32 Å². The van der Waals surface area contributed by atoms with E-state index in [0.29, 0.717) is 0 Å². The number of hydrogen-bond donors (Lipinski definition) is 1. The van der Waals surface area contributed by atoms with E-state index in [-0.39, 0.29) is 0 Å². The number of hydrogen-bond acceptors (Lipinski definition) is 4. The van der Waals surface area contributed by atoms with Gasteiger partial charge in [-0.2, -0.15) is 0 Å². The summed E-state index contributed by atoms with van der Waals surface area (Å²) >= 11 is 0. The molecule has 0 atom stereocenters. The van der Waals surface area contributed by atoms with E-state index in [9.17, 15) is 0 Å². The molecule has 1 aromatic rings. The highest BCUT2D eigenvalue weighted by atomic mass is 15.2. The first kappa shape index (κ1) is 14.4. The van der Waals surface area contributed by atoms with Gasteiger partial charge < -0.3 is 10.2 Å². The number of rotatable bonds is 6. The van der Waals surface area contributed by atoms with E-state index in [1.165, 1.54) is 38.3 Å². The van der Waals surface area contributed by atoms with E-state index in [4.69, 9.17) is 0 Å². The van der Waals surface area contributed by atoms with Gasteiger partial charge in [-0.15, -0.1) is 0 Å². The van der Waals surface area contributed by atoms with Gasteiger partial charge in [0.2, 0.25) is 0 Å². The SMILES string of the molecule is CCN(CCN1CCCNCC1)Cc1ccccn1. The third-order valence-electron chi connectivity index (χ3n) is 3.72. The topological polar surface area (TPSA) is 31.4 Å². The molecule has 4 heteroatoms. The predicted octanol–water partition coefficient (Wildman–Crippen LogP) is 1.20. The number of aromatic nitrogens is 1. The van der Waals surface area contributed by atoms with E-state index in [2.05, 4.69) is 39.2 Å². The van der Waals surface area contributed by atoms with Crippen molar-refractivity contribution in [1.82, 2.24) is 20.1 Å². The van der Waals surface area contributed by atoms with E-state index in [1.54, 1.807) is 0 Å². The molecule has 1 aliphatic heterocycles. The van der Waals surface area contributed by atoms with Crippen LogP contribution in [0.4, 0.5) is 0 Å². The fourth-order valence-electron chi connectivity index (χ4n) is 2.48. The van der Waals surface area contributed by atoms with Crippen LogP contribution in [0.2, 0.25) is 0 Å². The Morgan fingerprint density at radius 3 is 3.05 bits per heavy atom. The van der Waals surface area contributed by atoms with Crippen molar-refractivity contribution >= 4 is 0 Å². The summed E-state index contributed by atoms with van der Waals surface area (Å²) in [5.41, 5.74) is 1.17. The molecule has 106 valence electrons. The Bertz CT molecular complexity index is 333. The van der Waals surface area contributed by atoms with Crippen LogP contribution in [-0.2, 0) is 6.54 Å². The molecular formula is C15H26N4. The third-order valence-corrected chi connectivity index (χ3v) is 3.72. The lowest BCUT2D eigenvalue weighted by atomic mass is 10.3. The zero-order valence-corrected chi connectivity index (χ0v) is 12.0. The van der Waals surface area contributed by atoms with Crippen LogP contribution in [-0.4, -0.2) is 60.6 Å². The summed E-state index contributed by atoms with van der Waals surface area (Å²) in [6, 6.07) is 6.15. The van der Waals surface area contributed by atoms with E-state index < -0.39 is 0 Å². The summed E-state index contributed by atoms with van der Waals surface area (Å²) in [4.78, 5) is 9.45. The first-order chi connectivity index (χ1) is 9.38. The normalized spacial score (nSPS) is 17.6. The number of pyridine rings is 1. The van der Waals surface area contributed by atoms with Crippen molar-refractivity contribution in [3.8, 4) is 0 Å². The summed E-state index contributed by atoms with van der Waals surface area (Å²) in [7, 11) is 0. The molecule has 1 aromatic heterocycles.